The van der Waals surface area contributed by atoms with Crippen LogP contribution < -0.4 is 10.6 Å². The standard InChI is InChI=1S/C17H20F4N6S2/c1-28-27-4-2-10(3-5-27)24-16-23-8-11(18)12(25-16)13-14(17(19,20)21)26-15(29-13)9-6-22-7-9/h8-10,22H,2-7H2,1H3,(H,23,24,25). The largest absolute Gasteiger partial charge is 0.434 e. The lowest BCUT2D eigenvalue weighted by Gasteiger charge is -2.30. The van der Waals surface area contributed by atoms with E-state index in [-0.39, 0.29) is 28.5 Å². The second kappa shape index (κ2) is 8.32. The lowest BCUT2D eigenvalue weighted by Crippen LogP contribution is -2.39. The molecule has 0 radical (unpaired) electrons. The Bertz CT molecular complexity index is 862. The molecule has 2 saturated heterocycles. The number of alkyl halides is 3. The van der Waals surface area contributed by atoms with Gasteiger partial charge in [0.05, 0.1) is 16.1 Å². The Hall–Kier alpha value is -1.50. The minimum absolute atomic E-state index is 0.0843. The Morgan fingerprint density at radius 2 is 1.97 bits per heavy atom. The maximum absolute atomic E-state index is 14.4. The highest BCUT2D eigenvalue weighted by molar-refractivity contribution is 7.96. The lowest BCUT2D eigenvalue weighted by molar-refractivity contribution is -0.140. The number of hydrogen-bond acceptors (Lipinski definition) is 8. The number of nitrogens with one attached hydrogen (secondary N) is 2. The fourth-order valence-electron chi connectivity index (χ4n) is 3.29. The predicted molar refractivity (Wildman–Crippen MR) is 105 cm³/mol. The Labute approximate surface area is 173 Å². The molecule has 0 unspecified atom stereocenters. The fourth-order valence-corrected chi connectivity index (χ4v) is 5.04. The first-order chi connectivity index (χ1) is 13.8. The number of rotatable bonds is 5. The van der Waals surface area contributed by atoms with Crippen LogP contribution in [0.15, 0.2) is 6.20 Å². The second-order valence-electron chi connectivity index (χ2n) is 7.00. The molecule has 0 bridgehead atoms. The normalized spacial score (nSPS) is 19.3. The molecule has 0 aliphatic carbocycles. The summed E-state index contributed by atoms with van der Waals surface area (Å²) < 4.78 is 57.3. The molecule has 4 heterocycles. The molecule has 0 saturated carbocycles. The molecule has 29 heavy (non-hydrogen) atoms. The first-order valence-corrected chi connectivity index (χ1v) is 11.2. The molecule has 12 heteroatoms. The highest BCUT2D eigenvalue weighted by Crippen LogP contribution is 2.42. The van der Waals surface area contributed by atoms with Gasteiger partial charge in [-0.3, -0.25) is 4.31 Å². The lowest BCUT2D eigenvalue weighted by atomic mass is 10.1. The fraction of sp³-hybridized carbons (Fsp3) is 0.588. The van der Waals surface area contributed by atoms with Gasteiger partial charge in [-0.1, -0.05) is 11.9 Å². The van der Waals surface area contributed by atoms with Crippen LogP contribution in [0.2, 0.25) is 0 Å². The Balaban J connectivity index is 1.61. The van der Waals surface area contributed by atoms with Gasteiger partial charge in [-0.25, -0.2) is 19.3 Å². The predicted octanol–water partition coefficient (Wildman–Crippen LogP) is 3.60. The van der Waals surface area contributed by atoms with Gasteiger partial charge in [0.15, 0.2) is 11.5 Å². The molecule has 2 aliphatic rings. The van der Waals surface area contributed by atoms with E-state index in [4.69, 9.17) is 0 Å². The number of piperidine rings is 1. The van der Waals surface area contributed by atoms with Crippen LogP contribution in [-0.2, 0) is 6.18 Å². The average Bonchev–Trinajstić information content (AvgIpc) is 3.07. The van der Waals surface area contributed by atoms with E-state index in [0.29, 0.717) is 18.1 Å². The van der Waals surface area contributed by atoms with Gasteiger partial charge < -0.3 is 10.6 Å². The zero-order chi connectivity index (χ0) is 20.6. The van der Waals surface area contributed by atoms with Crippen molar-refractivity contribution in [2.24, 2.45) is 0 Å². The number of halogens is 4. The summed E-state index contributed by atoms with van der Waals surface area (Å²) in [7, 11) is 0. The third kappa shape index (κ3) is 4.49. The van der Waals surface area contributed by atoms with Crippen molar-refractivity contribution in [2.75, 3.05) is 37.8 Å². The number of anilines is 1. The maximum Gasteiger partial charge on any atom is 0.434 e. The Kier molecular flexibility index (Phi) is 5.96. The quantitative estimate of drug-likeness (QED) is 0.535. The van der Waals surface area contributed by atoms with Crippen LogP contribution >= 0.6 is 23.3 Å². The first-order valence-electron chi connectivity index (χ1n) is 9.22. The third-order valence-corrected chi connectivity index (χ3v) is 7.15. The highest BCUT2D eigenvalue weighted by atomic mass is 32.2. The molecular weight excluding hydrogens is 428 g/mol. The van der Waals surface area contributed by atoms with Gasteiger partial charge in [0.25, 0.3) is 0 Å². The Morgan fingerprint density at radius 3 is 2.55 bits per heavy atom. The summed E-state index contributed by atoms with van der Waals surface area (Å²) in [4.78, 5) is 11.5. The van der Waals surface area contributed by atoms with Gasteiger partial charge in [-0.05, 0) is 19.1 Å². The van der Waals surface area contributed by atoms with Crippen molar-refractivity contribution in [1.29, 1.82) is 0 Å². The van der Waals surface area contributed by atoms with Gasteiger partial charge in [0.2, 0.25) is 5.95 Å². The molecule has 2 aliphatic heterocycles. The monoisotopic (exact) mass is 448 g/mol. The molecule has 2 N–H and O–H groups in total. The van der Waals surface area contributed by atoms with Crippen LogP contribution in [0.1, 0.15) is 29.5 Å². The molecule has 2 aromatic rings. The van der Waals surface area contributed by atoms with Crippen molar-refractivity contribution < 1.29 is 17.6 Å². The minimum Gasteiger partial charge on any atom is -0.351 e. The molecule has 0 amide bonds. The van der Waals surface area contributed by atoms with E-state index in [2.05, 4.69) is 29.9 Å². The van der Waals surface area contributed by atoms with Crippen LogP contribution in [0.3, 0.4) is 0 Å². The zero-order valence-electron chi connectivity index (χ0n) is 15.6. The first kappa shape index (κ1) is 20.8. The topological polar surface area (TPSA) is 66.0 Å². The van der Waals surface area contributed by atoms with Crippen LogP contribution in [0.5, 0.6) is 0 Å². The summed E-state index contributed by atoms with van der Waals surface area (Å²) in [5.74, 6) is -0.837. The molecule has 0 aromatic carbocycles. The molecule has 0 spiro atoms. The molecule has 158 valence electrons. The van der Waals surface area contributed by atoms with Crippen molar-refractivity contribution in [3.05, 3.63) is 22.7 Å². The van der Waals surface area contributed by atoms with Gasteiger partial charge in [0.1, 0.15) is 5.69 Å². The van der Waals surface area contributed by atoms with E-state index in [1.54, 1.807) is 11.9 Å². The van der Waals surface area contributed by atoms with Crippen molar-refractivity contribution in [1.82, 2.24) is 24.6 Å². The highest BCUT2D eigenvalue weighted by Gasteiger charge is 2.40. The zero-order valence-corrected chi connectivity index (χ0v) is 17.2. The van der Waals surface area contributed by atoms with Crippen molar-refractivity contribution in [3.63, 3.8) is 0 Å². The second-order valence-corrected chi connectivity index (χ2v) is 8.92. The van der Waals surface area contributed by atoms with Crippen LogP contribution in [-0.4, -0.2) is 57.7 Å². The van der Waals surface area contributed by atoms with E-state index in [9.17, 15) is 17.6 Å². The smallest absolute Gasteiger partial charge is 0.351 e. The summed E-state index contributed by atoms with van der Waals surface area (Å²) in [6.07, 6.45) is -0.0401. The molecule has 2 aromatic heterocycles. The molecule has 2 fully saturated rings. The summed E-state index contributed by atoms with van der Waals surface area (Å²) >= 11 is 2.54. The number of aromatic nitrogens is 3. The molecular formula is C17H20F4N6S2. The van der Waals surface area contributed by atoms with Gasteiger partial charge in [-0.15, -0.1) is 11.3 Å². The van der Waals surface area contributed by atoms with Gasteiger partial charge in [0, 0.05) is 38.1 Å². The summed E-state index contributed by atoms with van der Waals surface area (Å²) in [6, 6.07) is 0.0943. The van der Waals surface area contributed by atoms with Gasteiger partial charge >= 0.3 is 6.18 Å². The summed E-state index contributed by atoms with van der Waals surface area (Å²) in [5.41, 5.74) is -1.44. The van der Waals surface area contributed by atoms with E-state index in [1.807, 2.05) is 6.26 Å². The van der Waals surface area contributed by atoms with E-state index in [0.717, 1.165) is 43.5 Å². The van der Waals surface area contributed by atoms with Crippen LogP contribution in [0.4, 0.5) is 23.5 Å². The van der Waals surface area contributed by atoms with E-state index in [1.165, 1.54) is 0 Å². The number of nitrogens with zero attached hydrogens (tertiary/aromatic N) is 4. The van der Waals surface area contributed by atoms with Gasteiger partial charge in [-0.2, -0.15) is 13.2 Å². The third-order valence-electron chi connectivity index (χ3n) is 5.05. The molecule has 6 nitrogen and oxygen atoms in total. The average molecular weight is 449 g/mol. The molecule has 0 atom stereocenters. The maximum atomic E-state index is 14.4. The summed E-state index contributed by atoms with van der Waals surface area (Å²) in [5, 5.41) is 6.50. The SMILES string of the molecule is CSN1CCC(Nc2ncc(F)c(-c3sc(C4CNC4)nc3C(F)(F)F)n2)CC1. The van der Waals surface area contributed by atoms with Crippen molar-refractivity contribution >= 4 is 29.2 Å². The van der Waals surface area contributed by atoms with Crippen LogP contribution in [0, 0.1) is 5.82 Å². The number of hydrogen-bond donors (Lipinski definition) is 2. The van der Waals surface area contributed by atoms with Crippen LogP contribution in [0.25, 0.3) is 10.6 Å². The van der Waals surface area contributed by atoms with Crippen molar-refractivity contribution in [3.8, 4) is 10.6 Å². The van der Waals surface area contributed by atoms with E-state index >= 15 is 0 Å². The molecule has 4 rings (SSSR count). The minimum atomic E-state index is -4.68. The Morgan fingerprint density at radius 1 is 1.24 bits per heavy atom. The van der Waals surface area contributed by atoms with Crippen molar-refractivity contribution in [2.45, 2.75) is 31.0 Å². The number of thiazole rings is 1. The van der Waals surface area contributed by atoms with E-state index < -0.39 is 17.7 Å². The summed E-state index contributed by atoms with van der Waals surface area (Å²) in [6.45, 7) is 2.91.